The molecule has 8 nitrogen and oxygen atoms in total. The van der Waals surface area contributed by atoms with E-state index in [0.717, 1.165) is 21.0 Å². The molecule has 0 aromatic heterocycles. The molecule has 0 saturated carbocycles. The molecule has 0 bridgehead atoms. The molecule has 0 atom stereocenters. The van der Waals surface area contributed by atoms with E-state index in [1.165, 1.54) is 25.5 Å². The van der Waals surface area contributed by atoms with Crippen molar-refractivity contribution in [3.05, 3.63) is 119 Å². The number of carbonyl (C=O) groups is 1. The monoisotopic (exact) mass is 577 g/mol. The van der Waals surface area contributed by atoms with Gasteiger partial charge in [-0.3, -0.25) is 9.10 Å². The van der Waals surface area contributed by atoms with Crippen LogP contribution in [0.15, 0.2) is 107 Å². The first-order chi connectivity index (χ1) is 19.2. The summed E-state index contributed by atoms with van der Waals surface area (Å²) < 4.78 is 38.9. The van der Waals surface area contributed by atoms with Crippen LogP contribution < -0.4 is 19.2 Å². The predicted octanol–water partition coefficient (Wildman–Crippen LogP) is 5.58. The Labute approximate surface area is 238 Å². The molecular weight excluding hydrogens is 550 g/mol. The number of hydrazone groups is 1. The number of carbonyl (C=O) groups excluding carboxylic acids is 1. The normalized spacial score (nSPS) is 11.3. The Morgan fingerprint density at radius 2 is 1.52 bits per heavy atom. The Hall–Kier alpha value is -4.34. The molecule has 0 aliphatic rings. The lowest BCUT2D eigenvalue weighted by Crippen LogP contribution is -2.39. The minimum absolute atomic E-state index is 0.0728. The van der Waals surface area contributed by atoms with Gasteiger partial charge in [0.05, 0.1) is 23.9 Å². The number of nitrogens with zero attached hydrogens (tertiary/aromatic N) is 2. The first-order valence-electron chi connectivity index (χ1n) is 12.3. The summed E-state index contributed by atoms with van der Waals surface area (Å²) in [5, 5.41) is 4.66. The van der Waals surface area contributed by atoms with Crippen LogP contribution in [0.25, 0.3) is 0 Å². The fourth-order valence-corrected chi connectivity index (χ4v) is 5.19. The Morgan fingerprint density at radius 3 is 2.15 bits per heavy atom. The summed E-state index contributed by atoms with van der Waals surface area (Å²) in [5.74, 6) is 0.630. The van der Waals surface area contributed by atoms with E-state index in [1.807, 2.05) is 31.2 Å². The number of sulfonamides is 1. The van der Waals surface area contributed by atoms with E-state index in [0.29, 0.717) is 28.8 Å². The number of anilines is 1. The molecule has 1 N–H and O–H groups in total. The van der Waals surface area contributed by atoms with Crippen molar-refractivity contribution in [1.82, 2.24) is 5.43 Å². The number of ether oxygens (including phenoxy) is 2. The van der Waals surface area contributed by atoms with Gasteiger partial charge in [0.1, 0.15) is 24.7 Å². The number of hydrogen-bond donors (Lipinski definition) is 1. The van der Waals surface area contributed by atoms with Crippen LogP contribution in [0.1, 0.15) is 16.7 Å². The van der Waals surface area contributed by atoms with Crippen LogP contribution in [0.4, 0.5) is 5.69 Å². The zero-order chi connectivity index (χ0) is 28.5. The Bertz CT molecular complexity index is 1560. The number of halogens is 1. The number of rotatable bonds is 11. The zero-order valence-corrected chi connectivity index (χ0v) is 23.5. The molecule has 0 heterocycles. The molecule has 0 aliphatic heterocycles. The van der Waals surface area contributed by atoms with E-state index in [1.54, 1.807) is 60.7 Å². The van der Waals surface area contributed by atoms with E-state index in [-0.39, 0.29) is 4.90 Å². The summed E-state index contributed by atoms with van der Waals surface area (Å²) in [5.41, 5.74) is 5.36. The number of methoxy groups -OCH3 is 1. The standard InChI is InChI=1S/C30H28ClN3O5S/c1-22-3-17-29(18-4-22)40(36,37)34(26-11-15-27(38-2)16-12-26)20-30(35)33-32-19-23-7-13-28(14-8-23)39-21-24-5-9-25(31)10-6-24/h3-19H,20-21H2,1-2H3,(H,33,35)/b32-19-. The summed E-state index contributed by atoms with van der Waals surface area (Å²) >= 11 is 5.91. The summed E-state index contributed by atoms with van der Waals surface area (Å²) in [6.45, 7) is 1.79. The van der Waals surface area contributed by atoms with Crippen molar-refractivity contribution in [2.75, 3.05) is 18.0 Å². The molecule has 1 amide bonds. The van der Waals surface area contributed by atoms with Gasteiger partial charge < -0.3 is 9.47 Å². The van der Waals surface area contributed by atoms with Crippen LogP contribution in [-0.4, -0.2) is 34.2 Å². The molecule has 0 aliphatic carbocycles. The number of benzene rings is 4. The van der Waals surface area contributed by atoms with Crippen molar-refractivity contribution >= 4 is 39.4 Å². The minimum Gasteiger partial charge on any atom is -0.497 e. The van der Waals surface area contributed by atoms with E-state index in [2.05, 4.69) is 10.5 Å². The van der Waals surface area contributed by atoms with E-state index in [4.69, 9.17) is 21.1 Å². The largest absolute Gasteiger partial charge is 0.497 e. The molecular formula is C30H28ClN3O5S. The van der Waals surface area contributed by atoms with Gasteiger partial charge in [0.15, 0.2) is 0 Å². The van der Waals surface area contributed by atoms with E-state index in [9.17, 15) is 13.2 Å². The molecule has 0 unspecified atom stereocenters. The van der Waals surface area contributed by atoms with Crippen LogP contribution in [0.2, 0.25) is 5.02 Å². The van der Waals surface area contributed by atoms with Crippen molar-refractivity contribution in [1.29, 1.82) is 0 Å². The first kappa shape index (κ1) is 28.7. The molecule has 0 spiro atoms. The van der Waals surface area contributed by atoms with Crippen molar-refractivity contribution in [2.45, 2.75) is 18.4 Å². The summed E-state index contributed by atoms with van der Waals surface area (Å²) in [6, 6.07) is 27.4. The lowest BCUT2D eigenvalue weighted by atomic mass is 10.2. The maximum atomic E-state index is 13.5. The average molecular weight is 578 g/mol. The lowest BCUT2D eigenvalue weighted by molar-refractivity contribution is -0.119. The Balaban J connectivity index is 1.41. The highest BCUT2D eigenvalue weighted by atomic mass is 35.5. The van der Waals surface area contributed by atoms with Gasteiger partial charge >= 0.3 is 0 Å². The van der Waals surface area contributed by atoms with Crippen molar-refractivity contribution in [2.24, 2.45) is 5.10 Å². The summed E-state index contributed by atoms with van der Waals surface area (Å²) in [4.78, 5) is 12.9. The molecule has 10 heteroatoms. The SMILES string of the molecule is COc1ccc(N(CC(=O)N/N=C\c2ccc(OCc3ccc(Cl)cc3)cc2)S(=O)(=O)c2ccc(C)cc2)cc1. The third kappa shape index (κ3) is 7.62. The van der Waals surface area contributed by atoms with Crippen LogP contribution >= 0.6 is 11.6 Å². The van der Waals surface area contributed by atoms with Gasteiger partial charge in [-0.25, -0.2) is 13.8 Å². The highest BCUT2D eigenvalue weighted by molar-refractivity contribution is 7.92. The van der Waals surface area contributed by atoms with Crippen LogP contribution in [0.3, 0.4) is 0 Å². The Kier molecular flexibility index (Phi) is 9.42. The van der Waals surface area contributed by atoms with Gasteiger partial charge in [-0.1, -0.05) is 41.4 Å². The third-order valence-corrected chi connectivity index (χ3v) is 7.90. The smallest absolute Gasteiger partial charge is 0.264 e. The fourth-order valence-electron chi connectivity index (χ4n) is 3.64. The summed E-state index contributed by atoms with van der Waals surface area (Å²) in [7, 11) is -2.52. The van der Waals surface area contributed by atoms with Gasteiger partial charge in [-0.15, -0.1) is 0 Å². The molecule has 4 rings (SSSR count). The predicted molar refractivity (Wildman–Crippen MR) is 157 cm³/mol. The average Bonchev–Trinajstić information content (AvgIpc) is 2.96. The fraction of sp³-hybridized carbons (Fsp3) is 0.133. The molecule has 0 radical (unpaired) electrons. The maximum Gasteiger partial charge on any atom is 0.264 e. The second-order valence-corrected chi connectivity index (χ2v) is 11.1. The van der Waals surface area contributed by atoms with Gasteiger partial charge in [0.25, 0.3) is 15.9 Å². The van der Waals surface area contributed by atoms with Gasteiger partial charge in [0, 0.05) is 5.02 Å². The van der Waals surface area contributed by atoms with E-state index >= 15 is 0 Å². The maximum absolute atomic E-state index is 13.5. The first-order valence-corrected chi connectivity index (χ1v) is 14.1. The highest BCUT2D eigenvalue weighted by Crippen LogP contribution is 2.26. The van der Waals surface area contributed by atoms with Crippen molar-refractivity contribution in [3.8, 4) is 11.5 Å². The van der Waals surface area contributed by atoms with E-state index < -0.39 is 22.5 Å². The van der Waals surface area contributed by atoms with Crippen LogP contribution in [0.5, 0.6) is 11.5 Å². The number of nitrogens with one attached hydrogen (secondary N) is 1. The lowest BCUT2D eigenvalue weighted by Gasteiger charge is -2.24. The second-order valence-electron chi connectivity index (χ2n) is 8.80. The number of amides is 1. The second kappa shape index (κ2) is 13.1. The van der Waals surface area contributed by atoms with Crippen LogP contribution in [-0.2, 0) is 21.4 Å². The molecule has 4 aromatic rings. The molecule has 0 saturated heterocycles. The molecule has 4 aromatic carbocycles. The number of aryl methyl sites for hydroxylation is 1. The van der Waals surface area contributed by atoms with Crippen molar-refractivity contribution in [3.63, 3.8) is 0 Å². The number of hydrogen-bond acceptors (Lipinski definition) is 6. The third-order valence-electron chi connectivity index (χ3n) is 5.86. The topological polar surface area (TPSA) is 97.3 Å². The van der Waals surface area contributed by atoms with Gasteiger partial charge in [-0.05, 0) is 90.8 Å². The van der Waals surface area contributed by atoms with Gasteiger partial charge in [0.2, 0.25) is 0 Å². The molecule has 0 fully saturated rings. The van der Waals surface area contributed by atoms with Crippen LogP contribution in [0, 0.1) is 6.92 Å². The zero-order valence-electron chi connectivity index (χ0n) is 22.0. The quantitative estimate of drug-likeness (QED) is 0.185. The summed E-state index contributed by atoms with van der Waals surface area (Å²) in [6.07, 6.45) is 1.47. The Morgan fingerprint density at radius 1 is 0.900 bits per heavy atom. The molecule has 40 heavy (non-hydrogen) atoms. The minimum atomic E-state index is -4.04. The highest BCUT2D eigenvalue weighted by Gasteiger charge is 2.27. The van der Waals surface area contributed by atoms with Gasteiger partial charge in [-0.2, -0.15) is 5.10 Å². The van der Waals surface area contributed by atoms with Crippen molar-refractivity contribution < 1.29 is 22.7 Å². The molecule has 206 valence electrons.